The Morgan fingerprint density at radius 2 is 1.84 bits per heavy atom. The number of ether oxygens (including phenoxy) is 1. The fraction of sp³-hybridized carbons (Fsp3) is 0.364. The van der Waals surface area contributed by atoms with Gasteiger partial charge in [-0.15, -0.1) is 0 Å². The molecule has 0 aliphatic heterocycles. The van der Waals surface area contributed by atoms with E-state index in [1.807, 2.05) is 37.3 Å². The molecule has 0 saturated heterocycles. The van der Waals surface area contributed by atoms with Gasteiger partial charge in [0.05, 0.1) is 19.1 Å². The Bertz CT molecular complexity index is 1050. The average molecular weight is 466 g/mol. The van der Waals surface area contributed by atoms with Crippen LogP contribution in [0.4, 0.5) is 5.69 Å². The van der Waals surface area contributed by atoms with Gasteiger partial charge in [-0.1, -0.05) is 55.8 Å². The van der Waals surface area contributed by atoms with Gasteiger partial charge in [-0.05, 0) is 42.5 Å². The zero-order valence-electron chi connectivity index (χ0n) is 18.3. The van der Waals surface area contributed by atoms with Crippen molar-refractivity contribution in [3.63, 3.8) is 0 Å². The number of anilines is 1. The number of sulfonamides is 1. The number of rotatable bonds is 9. The topological polar surface area (TPSA) is 88.1 Å². The van der Waals surface area contributed by atoms with Gasteiger partial charge in [-0.25, -0.2) is 13.8 Å². The van der Waals surface area contributed by atoms with Crippen molar-refractivity contribution >= 4 is 38.9 Å². The van der Waals surface area contributed by atoms with Gasteiger partial charge in [-0.2, -0.15) is 5.10 Å². The van der Waals surface area contributed by atoms with E-state index in [1.54, 1.807) is 12.1 Å². The third-order valence-corrected chi connectivity index (χ3v) is 6.08. The maximum atomic E-state index is 12.5. The fourth-order valence-corrected chi connectivity index (χ4v) is 4.25. The summed E-state index contributed by atoms with van der Waals surface area (Å²) in [7, 11) is -2.37. The molecule has 0 bridgehead atoms. The van der Waals surface area contributed by atoms with Crippen LogP contribution in [0.2, 0.25) is 5.02 Å². The number of carbonyl (C=O) groups is 1. The monoisotopic (exact) mass is 465 g/mol. The second-order valence-electron chi connectivity index (χ2n) is 7.89. The highest BCUT2D eigenvalue weighted by molar-refractivity contribution is 7.92. The molecule has 2 aromatic carbocycles. The Balaban J connectivity index is 2.14. The van der Waals surface area contributed by atoms with Crippen LogP contribution in [0, 0.1) is 0 Å². The summed E-state index contributed by atoms with van der Waals surface area (Å²) in [5, 5.41) is 4.48. The van der Waals surface area contributed by atoms with Crippen molar-refractivity contribution in [2.24, 2.45) is 5.10 Å². The summed E-state index contributed by atoms with van der Waals surface area (Å²) >= 11 is 6.02. The molecule has 1 N–H and O–H groups in total. The van der Waals surface area contributed by atoms with Crippen molar-refractivity contribution in [2.75, 3.05) is 24.2 Å². The van der Waals surface area contributed by atoms with Crippen LogP contribution in [0.1, 0.15) is 32.8 Å². The summed E-state index contributed by atoms with van der Waals surface area (Å²) in [5.74, 6) is -0.295. The summed E-state index contributed by atoms with van der Waals surface area (Å²) in [6, 6.07) is 14.6. The maximum absolute atomic E-state index is 12.5. The molecule has 0 aromatic heterocycles. The van der Waals surface area contributed by atoms with E-state index in [0.717, 1.165) is 16.1 Å². The quantitative estimate of drug-likeness (QED) is 0.448. The van der Waals surface area contributed by atoms with Crippen LogP contribution in [0.25, 0.3) is 0 Å². The van der Waals surface area contributed by atoms with Crippen LogP contribution in [0.5, 0.6) is 5.75 Å². The minimum absolute atomic E-state index is 0.174. The Hall–Kier alpha value is -2.58. The first-order chi connectivity index (χ1) is 14.4. The third kappa shape index (κ3) is 6.97. The molecule has 0 spiro atoms. The van der Waals surface area contributed by atoms with Crippen LogP contribution in [-0.4, -0.2) is 39.9 Å². The lowest BCUT2D eigenvalue weighted by atomic mass is 9.80. The van der Waals surface area contributed by atoms with E-state index < -0.39 is 22.5 Å². The van der Waals surface area contributed by atoms with Crippen molar-refractivity contribution < 1.29 is 17.9 Å². The first kappa shape index (κ1) is 24.7. The molecule has 9 heteroatoms. The normalized spacial score (nSPS) is 12.4. The number of hydrazone groups is 1. The number of nitrogens with zero attached hydrogens (tertiary/aromatic N) is 2. The smallest absolute Gasteiger partial charge is 0.260 e. The summed E-state index contributed by atoms with van der Waals surface area (Å²) < 4.78 is 30.8. The second-order valence-corrected chi connectivity index (χ2v) is 10.2. The highest BCUT2D eigenvalue weighted by atomic mass is 35.5. The van der Waals surface area contributed by atoms with Gasteiger partial charge in [0.1, 0.15) is 12.3 Å². The van der Waals surface area contributed by atoms with Crippen LogP contribution in [0.15, 0.2) is 53.6 Å². The number of methoxy groups -OCH3 is 1. The minimum Gasteiger partial charge on any atom is -0.495 e. The van der Waals surface area contributed by atoms with Crippen LogP contribution in [0.3, 0.4) is 0 Å². The zero-order valence-corrected chi connectivity index (χ0v) is 19.9. The zero-order chi connectivity index (χ0) is 23.2. The van der Waals surface area contributed by atoms with Gasteiger partial charge in [0.15, 0.2) is 0 Å². The lowest BCUT2D eigenvalue weighted by molar-refractivity contribution is -0.119. The van der Waals surface area contributed by atoms with E-state index in [2.05, 4.69) is 24.4 Å². The lowest BCUT2D eigenvalue weighted by Crippen LogP contribution is -2.39. The van der Waals surface area contributed by atoms with E-state index in [1.165, 1.54) is 13.2 Å². The van der Waals surface area contributed by atoms with Gasteiger partial charge in [-0.3, -0.25) is 9.10 Å². The largest absolute Gasteiger partial charge is 0.495 e. The number of hydrogen-bond donors (Lipinski definition) is 1. The van der Waals surface area contributed by atoms with E-state index in [-0.39, 0.29) is 16.9 Å². The Labute approximate surface area is 189 Å². The SMILES string of the molecule is COc1ccc(Cl)cc1N(CC(=O)N/N=C(/C)CC(C)(C)c1ccccc1)S(C)(=O)=O. The molecule has 2 aromatic rings. The van der Waals surface area contributed by atoms with E-state index in [0.29, 0.717) is 17.2 Å². The first-order valence-electron chi connectivity index (χ1n) is 9.63. The number of hydrogen-bond acceptors (Lipinski definition) is 5. The molecule has 2 rings (SSSR count). The molecule has 1 amide bonds. The molecule has 0 heterocycles. The molecule has 0 saturated carbocycles. The van der Waals surface area contributed by atoms with Gasteiger partial charge in [0.25, 0.3) is 5.91 Å². The Kier molecular flexibility index (Phi) is 8.08. The standard InChI is InChI=1S/C22H28ClN3O4S/c1-16(14-22(2,3)17-9-7-6-8-10-17)24-25-21(27)15-26(31(5,28)29)19-13-18(23)11-12-20(19)30-4/h6-13H,14-15H2,1-5H3,(H,25,27)/b24-16-. The van der Waals surface area contributed by atoms with Crippen LogP contribution >= 0.6 is 11.6 Å². The maximum Gasteiger partial charge on any atom is 0.260 e. The molecule has 0 atom stereocenters. The van der Waals surface area contributed by atoms with Crippen molar-refractivity contribution in [3.05, 3.63) is 59.1 Å². The molecule has 31 heavy (non-hydrogen) atoms. The molecule has 7 nitrogen and oxygen atoms in total. The molecule has 0 fully saturated rings. The Morgan fingerprint density at radius 3 is 2.42 bits per heavy atom. The minimum atomic E-state index is -3.78. The Morgan fingerprint density at radius 1 is 1.19 bits per heavy atom. The molecule has 0 unspecified atom stereocenters. The highest BCUT2D eigenvalue weighted by Gasteiger charge is 2.25. The first-order valence-corrected chi connectivity index (χ1v) is 11.9. The molecular formula is C22H28ClN3O4S. The van der Waals surface area contributed by atoms with Crippen molar-refractivity contribution in [1.82, 2.24) is 5.43 Å². The average Bonchev–Trinajstić information content (AvgIpc) is 2.70. The summed E-state index contributed by atoms with van der Waals surface area (Å²) in [6.45, 7) is 5.55. The molecule has 0 aliphatic carbocycles. The van der Waals surface area contributed by atoms with Gasteiger partial charge < -0.3 is 4.74 Å². The van der Waals surface area contributed by atoms with E-state index in [9.17, 15) is 13.2 Å². The molecule has 0 aliphatic rings. The summed E-state index contributed by atoms with van der Waals surface area (Å²) in [4.78, 5) is 12.5. The summed E-state index contributed by atoms with van der Waals surface area (Å²) in [6.07, 6.45) is 1.63. The van der Waals surface area contributed by atoms with Gasteiger partial charge >= 0.3 is 0 Å². The number of carbonyl (C=O) groups excluding carboxylic acids is 1. The highest BCUT2D eigenvalue weighted by Crippen LogP contribution is 2.32. The fourth-order valence-electron chi connectivity index (χ4n) is 3.23. The third-order valence-electron chi connectivity index (χ3n) is 4.72. The summed E-state index contributed by atoms with van der Waals surface area (Å²) in [5.41, 5.74) is 4.33. The second kappa shape index (κ2) is 10.2. The van der Waals surface area contributed by atoms with Crippen LogP contribution < -0.4 is 14.5 Å². The number of halogens is 1. The molecule has 168 valence electrons. The van der Waals surface area contributed by atoms with Gasteiger partial charge in [0.2, 0.25) is 10.0 Å². The van der Waals surface area contributed by atoms with Gasteiger partial charge in [0, 0.05) is 10.7 Å². The predicted octanol–water partition coefficient (Wildman–Crippen LogP) is 3.97. The van der Waals surface area contributed by atoms with Crippen LogP contribution in [-0.2, 0) is 20.2 Å². The molecule has 0 radical (unpaired) electrons. The number of benzene rings is 2. The van der Waals surface area contributed by atoms with Crippen molar-refractivity contribution in [3.8, 4) is 5.75 Å². The molecular weight excluding hydrogens is 438 g/mol. The van der Waals surface area contributed by atoms with Crippen molar-refractivity contribution in [1.29, 1.82) is 0 Å². The van der Waals surface area contributed by atoms with E-state index in [4.69, 9.17) is 16.3 Å². The number of amides is 1. The van der Waals surface area contributed by atoms with E-state index >= 15 is 0 Å². The number of nitrogens with one attached hydrogen (secondary N) is 1. The predicted molar refractivity (Wildman–Crippen MR) is 126 cm³/mol. The lowest BCUT2D eigenvalue weighted by Gasteiger charge is -2.25. The van der Waals surface area contributed by atoms with Crippen molar-refractivity contribution in [2.45, 2.75) is 32.6 Å².